The van der Waals surface area contributed by atoms with Gasteiger partial charge in [-0.05, 0) is 30.9 Å². The van der Waals surface area contributed by atoms with E-state index < -0.39 is 10.0 Å². The van der Waals surface area contributed by atoms with Gasteiger partial charge in [0.05, 0.1) is 11.9 Å². The van der Waals surface area contributed by atoms with Gasteiger partial charge in [-0.3, -0.25) is 4.84 Å². The van der Waals surface area contributed by atoms with E-state index in [0.717, 1.165) is 36.8 Å². The van der Waals surface area contributed by atoms with Crippen LogP contribution in [-0.2, 0) is 20.6 Å². The SMILES string of the molecule is Cc1ccccc1CS(=O)(=O)NOC1CCCC1. The summed E-state index contributed by atoms with van der Waals surface area (Å²) in [6.45, 7) is 1.91. The molecular weight excluding hydrogens is 250 g/mol. The van der Waals surface area contributed by atoms with Crippen LogP contribution >= 0.6 is 0 Å². The molecule has 1 aromatic carbocycles. The molecule has 0 bridgehead atoms. The highest BCUT2D eigenvalue weighted by Gasteiger charge is 2.19. The lowest BCUT2D eigenvalue weighted by Gasteiger charge is -2.12. The largest absolute Gasteiger partial charge is 0.284 e. The molecule has 1 fully saturated rings. The van der Waals surface area contributed by atoms with Crippen molar-refractivity contribution in [3.63, 3.8) is 0 Å². The summed E-state index contributed by atoms with van der Waals surface area (Å²) in [6.07, 6.45) is 4.14. The molecule has 18 heavy (non-hydrogen) atoms. The molecule has 1 aliphatic rings. The van der Waals surface area contributed by atoms with E-state index in [1.165, 1.54) is 0 Å². The molecule has 2 rings (SSSR count). The minimum atomic E-state index is -3.42. The Kier molecular flexibility index (Phi) is 4.37. The third-order valence-corrected chi connectivity index (χ3v) is 4.29. The lowest BCUT2D eigenvalue weighted by molar-refractivity contribution is 0.0222. The molecule has 0 heterocycles. The maximum absolute atomic E-state index is 11.9. The number of rotatable bonds is 5. The minimum Gasteiger partial charge on any atom is -0.284 e. The molecule has 1 aliphatic carbocycles. The fraction of sp³-hybridized carbons (Fsp3) is 0.538. The molecule has 0 atom stereocenters. The average molecular weight is 269 g/mol. The van der Waals surface area contributed by atoms with Gasteiger partial charge in [0.1, 0.15) is 0 Å². The molecule has 0 aromatic heterocycles. The first-order chi connectivity index (χ1) is 8.57. The Hall–Kier alpha value is -0.910. The second-order valence-corrected chi connectivity index (χ2v) is 6.48. The summed E-state index contributed by atoms with van der Waals surface area (Å²) in [5.74, 6) is -0.0353. The van der Waals surface area contributed by atoms with Crippen LogP contribution in [0.5, 0.6) is 0 Å². The second-order valence-electron chi connectivity index (χ2n) is 4.79. The van der Waals surface area contributed by atoms with Crippen molar-refractivity contribution in [2.45, 2.75) is 44.5 Å². The highest BCUT2D eigenvalue weighted by Crippen LogP contribution is 2.20. The van der Waals surface area contributed by atoms with Crippen molar-refractivity contribution < 1.29 is 13.3 Å². The van der Waals surface area contributed by atoms with Gasteiger partial charge in [-0.25, -0.2) is 8.42 Å². The van der Waals surface area contributed by atoms with E-state index in [1.807, 2.05) is 31.2 Å². The summed E-state index contributed by atoms with van der Waals surface area (Å²) in [5.41, 5.74) is 1.78. The van der Waals surface area contributed by atoms with Crippen molar-refractivity contribution in [2.75, 3.05) is 0 Å². The highest BCUT2D eigenvalue weighted by molar-refractivity contribution is 7.88. The van der Waals surface area contributed by atoms with E-state index >= 15 is 0 Å². The van der Waals surface area contributed by atoms with Crippen LogP contribution < -0.4 is 4.89 Å². The van der Waals surface area contributed by atoms with E-state index in [4.69, 9.17) is 4.84 Å². The van der Waals surface area contributed by atoms with Gasteiger partial charge >= 0.3 is 0 Å². The number of sulfonamides is 1. The summed E-state index contributed by atoms with van der Waals surface area (Å²) >= 11 is 0. The van der Waals surface area contributed by atoms with E-state index in [-0.39, 0.29) is 11.9 Å². The van der Waals surface area contributed by atoms with Gasteiger partial charge in [0.15, 0.2) is 0 Å². The monoisotopic (exact) mass is 269 g/mol. The molecular formula is C13H19NO3S. The zero-order valence-electron chi connectivity index (χ0n) is 10.6. The summed E-state index contributed by atoms with van der Waals surface area (Å²) in [7, 11) is -3.42. The Morgan fingerprint density at radius 2 is 1.94 bits per heavy atom. The van der Waals surface area contributed by atoms with Crippen LogP contribution in [-0.4, -0.2) is 14.5 Å². The second kappa shape index (κ2) is 5.82. The maximum atomic E-state index is 11.9. The molecule has 0 unspecified atom stereocenters. The van der Waals surface area contributed by atoms with E-state index in [0.29, 0.717) is 0 Å². The van der Waals surface area contributed by atoms with Crippen molar-refractivity contribution in [3.05, 3.63) is 35.4 Å². The first-order valence-electron chi connectivity index (χ1n) is 6.26. The molecule has 1 aromatic rings. The molecule has 0 saturated heterocycles. The minimum absolute atomic E-state index is 0.0353. The standard InChI is InChI=1S/C13H19NO3S/c1-11-6-2-3-7-12(11)10-18(15,16)14-17-13-8-4-5-9-13/h2-3,6-7,13-14H,4-5,8-10H2,1H3. The van der Waals surface area contributed by atoms with Crippen molar-refractivity contribution >= 4 is 10.0 Å². The Bertz CT molecular complexity index is 493. The molecule has 4 nitrogen and oxygen atoms in total. The molecule has 0 radical (unpaired) electrons. The number of hydrogen-bond donors (Lipinski definition) is 1. The third kappa shape index (κ3) is 3.80. The van der Waals surface area contributed by atoms with Gasteiger partial charge < -0.3 is 0 Å². The zero-order chi connectivity index (χ0) is 13.0. The molecule has 0 aliphatic heterocycles. The first-order valence-corrected chi connectivity index (χ1v) is 7.92. The topological polar surface area (TPSA) is 55.4 Å². The Morgan fingerprint density at radius 3 is 2.61 bits per heavy atom. The predicted molar refractivity (Wildman–Crippen MR) is 70.3 cm³/mol. The predicted octanol–water partition coefficient (Wildman–Crippen LogP) is 2.29. The van der Waals surface area contributed by atoms with Crippen LogP contribution in [0.1, 0.15) is 36.8 Å². The van der Waals surface area contributed by atoms with Crippen LogP contribution in [0, 0.1) is 6.92 Å². The quantitative estimate of drug-likeness (QED) is 0.834. The molecule has 1 N–H and O–H groups in total. The van der Waals surface area contributed by atoms with Gasteiger partial charge in [-0.15, -0.1) is 0 Å². The normalized spacial score (nSPS) is 17.2. The molecule has 1 saturated carbocycles. The van der Waals surface area contributed by atoms with E-state index in [9.17, 15) is 8.42 Å². The van der Waals surface area contributed by atoms with Crippen molar-refractivity contribution in [2.24, 2.45) is 0 Å². The van der Waals surface area contributed by atoms with Crippen LogP contribution in [0.15, 0.2) is 24.3 Å². The molecule has 0 spiro atoms. The number of nitrogens with one attached hydrogen (secondary N) is 1. The third-order valence-electron chi connectivity index (χ3n) is 3.25. The Morgan fingerprint density at radius 1 is 1.28 bits per heavy atom. The molecule has 0 amide bonds. The fourth-order valence-electron chi connectivity index (χ4n) is 2.15. The maximum Gasteiger partial charge on any atom is 0.237 e. The van der Waals surface area contributed by atoms with E-state index in [2.05, 4.69) is 4.89 Å². The Labute approximate surface area is 108 Å². The smallest absolute Gasteiger partial charge is 0.237 e. The summed E-state index contributed by atoms with van der Waals surface area (Å²) in [4.78, 5) is 7.49. The van der Waals surface area contributed by atoms with E-state index in [1.54, 1.807) is 0 Å². The van der Waals surface area contributed by atoms with Gasteiger partial charge in [0.2, 0.25) is 10.0 Å². The molecule has 5 heteroatoms. The van der Waals surface area contributed by atoms with Gasteiger partial charge in [-0.1, -0.05) is 42.0 Å². The zero-order valence-corrected chi connectivity index (χ0v) is 11.4. The summed E-state index contributed by atoms with van der Waals surface area (Å²) in [5, 5.41) is 0. The number of benzene rings is 1. The highest BCUT2D eigenvalue weighted by atomic mass is 32.2. The van der Waals surface area contributed by atoms with Crippen molar-refractivity contribution in [1.29, 1.82) is 0 Å². The van der Waals surface area contributed by atoms with Gasteiger partial charge in [-0.2, -0.15) is 0 Å². The fourth-order valence-corrected chi connectivity index (χ4v) is 3.23. The molecule has 100 valence electrons. The van der Waals surface area contributed by atoms with Crippen LogP contribution in [0.25, 0.3) is 0 Å². The Balaban J connectivity index is 1.92. The lowest BCUT2D eigenvalue weighted by Crippen LogP contribution is -2.29. The first kappa shape index (κ1) is 13.5. The van der Waals surface area contributed by atoms with Gasteiger partial charge in [0.25, 0.3) is 0 Å². The van der Waals surface area contributed by atoms with Crippen molar-refractivity contribution in [3.8, 4) is 0 Å². The summed E-state index contributed by atoms with van der Waals surface area (Å²) < 4.78 is 23.7. The van der Waals surface area contributed by atoms with Crippen molar-refractivity contribution in [1.82, 2.24) is 4.89 Å². The lowest BCUT2D eigenvalue weighted by atomic mass is 10.1. The van der Waals surface area contributed by atoms with Gasteiger partial charge in [0, 0.05) is 0 Å². The van der Waals surface area contributed by atoms with Crippen LogP contribution in [0.4, 0.5) is 0 Å². The average Bonchev–Trinajstić information content (AvgIpc) is 2.83. The van der Waals surface area contributed by atoms with Crippen LogP contribution in [0.3, 0.4) is 0 Å². The number of hydrogen-bond acceptors (Lipinski definition) is 3. The van der Waals surface area contributed by atoms with Crippen LogP contribution in [0.2, 0.25) is 0 Å². The number of aryl methyl sites for hydroxylation is 1. The summed E-state index contributed by atoms with van der Waals surface area (Å²) in [6, 6.07) is 7.47.